The van der Waals surface area contributed by atoms with E-state index in [-0.39, 0.29) is 17.4 Å². The molecular formula is C11H15BrN2O3. The number of hydrogen-bond donors (Lipinski definition) is 0. The van der Waals surface area contributed by atoms with Gasteiger partial charge in [-0.1, -0.05) is 0 Å². The van der Waals surface area contributed by atoms with Crippen molar-refractivity contribution in [1.29, 1.82) is 0 Å². The number of hydrogen-bond acceptors (Lipinski definition) is 3. The van der Waals surface area contributed by atoms with Crippen molar-refractivity contribution in [2.75, 3.05) is 6.61 Å². The Morgan fingerprint density at radius 3 is 2.94 bits per heavy atom. The molecule has 0 bridgehead atoms. The fourth-order valence-electron chi connectivity index (χ4n) is 2.03. The standard InChI is InChI=1S/C11H15BrN2O3/c1-13-7-9(12)10(15)14(11(13)16)5-4-8-3-2-6-17-8/h7-8H,2-6H2,1H3/t8-/m0/s1. The van der Waals surface area contributed by atoms with Gasteiger partial charge in [-0.25, -0.2) is 4.79 Å². The Bertz CT molecular complexity index is 480. The molecule has 0 N–H and O–H groups in total. The summed E-state index contributed by atoms with van der Waals surface area (Å²) in [6, 6.07) is 0. The van der Waals surface area contributed by atoms with E-state index in [2.05, 4.69) is 15.9 Å². The van der Waals surface area contributed by atoms with Crippen LogP contribution in [-0.4, -0.2) is 21.8 Å². The van der Waals surface area contributed by atoms with Crippen LogP contribution >= 0.6 is 15.9 Å². The minimum atomic E-state index is -0.281. The van der Waals surface area contributed by atoms with Gasteiger partial charge in [0.15, 0.2) is 0 Å². The largest absolute Gasteiger partial charge is 0.378 e. The van der Waals surface area contributed by atoms with Gasteiger partial charge >= 0.3 is 5.69 Å². The predicted octanol–water partition coefficient (Wildman–Crippen LogP) is 0.879. The lowest BCUT2D eigenvalue weighted by molar-refractivity contribution is 0.0996. The second-order valence-electron chi connectivity index (χ2n) is 4.25. The van der Waals surface area contributed by atoms with Crippen LogP contribution in [0.5, 0.6) is 0 Å². The Labute approximate surface area is 107 Å². The molecule has 1 fully saturated rings. The van der Waals surface area contributed by atoms with E-state index < -0.39 is 0 Å². The second kappa shape index (κ2) is 5.18. The van der Waals surface area contributed by atoms with E-state index in [9.17, 15) is 9.59 Å². The van der Waals surface area contributed by atoms with Gasteiger partial charge in [0.1, 0.15) is 0 Å². The predicted molar refractivity (Wildman–Crippen MR) is 67.2 cm³/mol. The summed E-state index contributed by atoms with van der Waals surface area (Å²) in [6.07, 6.45) is 4.48. The summed E-state index contributed by atoms with van der Waals surface area (Å²) in [5.41, 5.74) is -0.553. The van der Waals surface area contributed by atoms with E-state index in [0.717, 1.165) is 19.4 Å². The molecule has 0 unspecified atom stereocenters. The number of halogens is 1. The van der Waals surface area contributed by atoms with Gasteiger partial charge in [0.2, 0.25) is 0 Å². The van der Waals surface area contributed by atoms with Crippen LogP contribution in [0.1, 0.15) is 19.3 Å². The molecule has 1 saturated heterocycles. The molecule has 0 saturated carbocycles. The summed E-state index contributed by atoms with van der Waals surface area (Å²) in [5, 5.41) is 0. The minimum absolute atomic E-state index is 0.186. The summed E-state index contributed by atoms with van der Waals surface area (Å²) in [4.78, 5) is 23.6. The third-order valence-corrected chi connectivity index (χ3v) is 3.53. The first-order valence-electron chi connectivity index (χ1n) is 5.67. The van der Waals surface area contributed by atoms with Crippen molar-refractivity contribution in [2.24, 2.45) is 7.05 Å². The van der Waals surface area contributed by atoms with Gasteiger partial charge in [-0.15, -0.1) is 0 Å². The lowest BCUT2D eigenvalue weighted by Gasteiger charge is -2.11. The van der Waals surface area contributed by atoms with Gasteiger partial charge in [0.25, 0.3) is 5.56 Å². The molecule has 0 radical (unpaired) electrons. The Morgan fingerprint density at radius 1 is 1.53 bits per heavy atom. The average Bonchev–Trinajstić information content (AvgIpc) is 2.79. The van der Waals surface area contributed by atoms with Crippen molar-refractivity contribution in [3.63, 3.8) is 0 Å². The zero-order chi connectivity index (χ0) is 12.4. The van der Waals surface area contributed by atoms with Gasteiger partial charge in [-0.2, -0.15) is 0 Å². The van der Waals surface area contributed by atoms with Crippen LogP contribution in [0, 0.1) is 0 Å². The number of nitrogens with zero attached hydrogens (tertiary/aromatic N) is 2. The molecule has 6 heteroatoms. The van der Waals surface area contributed by atoms with Gasteiger partial charge in [0, 0.05) is 26.4 Å². The van der Waals surface area contributed by atoms with Crippen LogP contribution in [0.15, 0.2) is 20.3 Å². The molecule has 1 aromatic rings. The molecule has 1 aromatic heterocycles. The molecule has 0 amide bonds. The number of ether oxygens (including phenoxy) is 1. The highest BCUT2D eigenvalue weighted by Crippen LogP contribution is 2.15. The summed E-state index contributed by atoms with van der Waals surface area (Å²) < 4.78 is 8.55. The highest BCUT2D eigenvalue weighted by atomic mass is 79.9. The first kappa shape index (κ1) is 12.6. The van der Waals surface area contributed by atoms with Crippen molar-refractivity contribution < 1.29 is 4.74 Å². The molecule has 5 nitrogen and oxygen atoms in total. The third-order valence-electron chi connectivity index (χ3n) is 2.99. The smallest absolute Gasteiger partial charge is 0.330 e. The Kier molecular flexibility index (Phi) is 3.83. The first-order chi connectivity index (χ1) is 8.09. The quantitative estimate of drug-likeness (QED) is 0.833. The fourth-order valence-corrected chi connectivity index (χ4v) is 2.55. The molecule has 1 aliphatic heterocycles. The van der Waals surface area contributed by atoms with Crippen molar-refractivity contribution >= 4 is 15.9 Å². The maximum atomic E-state index is 11.8. The third kappa shape index (κ3) is 2.69. The SMILES string of the molecule is Cn1cc(Br)c(=O)n(CC[C@@H]2CCCO2)c1=O. The van der Waals surface area contributed by atoms with Crippen molar-refractivity contribution in [3.8, 4) is 0 Å². The summed E-state index contributed by atoms with van der Waals surface area (Å²) in [6.45, 7) is 1.20. The normalized spacial score (nSPS) is 19.8. The fraction of sp³-hybridized carbons (Fsp3) is 0.636. The van der Waals surface area contributed by atoms with Crippen LogP contribution in [0.3, 0.4) is 0 Å². The van der Waals surface area contributed by atoms with E-state index in [1.54, 1.807) is 7.05 Å². The lowest BCUT2D eigenvalue weighted by Crippen LogP contribution is -2.39. The lowest BCUT2D eigenvalue weighted by atomic mass is 10.2. The molecular weight excluding hydrogens is 288 g/mol. The highest BCUT2D eigenvalue weighted by Gasteiger charge is 2.16. The zero-order valence-corrected chi connectivity index (χ0v) is 11.3. The van der Waals surface area contributed by atoms with E-state index in [4.69, 9.17) is 4.74 Å². The van der Waals surface area contributed by atoms with E-state index in [1.807, 2.05) is 0 Å². The van der Waals surface area contributed by atoms with Crippen molar-refractivity contribution in [2.45, 2.75) is 31.9 Å². The highest BCUT2D eigenvalue weighted by molar-refractivity contribution is 9.10. The number of aryl methyl sites for hydroxylation is 1. The van der Waals surface area contributed by atoms with Crippen molar-refractivity contribution in [3.05, 3.63) is 31.5 Å². The monoisotopic (exact) mass is 302 g/mol. The van der Waals surface area contributed by atoms with Crippen LogP contribution in [0.2, 0.25) is 0 Å². The number of rotatable bonds is 3. The molecule has 94 valence electrons. The Hall–Kier alpha value is -0.880. The van der Waals surface area contributed by atoms with Gasteiger partial charge < -0.3 is 9.30 Å². The van der Waals surface area contributed by atoms with Gasteiger partial charge in [0.05, 0.1) is 10.6 Å². The van der Waals surface area contributed by atoms with Crippen LogP contribution < -0.4 is 11.2 Å². The summed E-state index contributed by atoms with van der Waals surface area (Å²) >= 11 is 3.16. The average molecular weight is 303 g/mol. The molecule has 2 heterocycles. The Morgan fingerprint density at radius 2 is 2.29 bits per heavy atom. The Balaban J connectivity index is 2.20. The van der Waals surface area contributed by atoms with Crippen LogP contribution in [0.4, 0.5) is 0 Å². The van der Waals surface area contributed by atoms with Gasteiger partial charge in [-0.3, -0.25) is 9.36 Å². The second-order valence-corrected chi connectivity index (χ2v) is 5.11. The van der Waals surface area contributed by atoms with Crippen LogP contribution in [-0.2, 0) is 18.3 Å². The maximum absolute atomic E-state index is 11.8. The van der Waals surface area contributed by atoms with Gasteiger partial charge in [-0.05, 0) is 35.2 Å². The molecule has 2 rings (SSSR count). The zero-order valence-electron chi connectivity index (χ0n) is 9.69. The molecule has 17 heavy (non-hydrogen) atoms. The first-order valence-corrected chi connectivity index (χ1v) is 6.46. The molecule has 0 aromatic carbocycles. The minimum Gasteiger partial charge on any atom is -0.378 e. The van der Waals surface area contributed by atoms with E-state index in [0.29, 0.717) is 17.4 Å². The summed E-state index contributed by atoms with van der Waals surface area (Å²) in [7, 11) is 1.63. The summed E-state index contributed by atoms with van der Waals surface area (Å²) in [5.74, 6) is 0. The topological polar surface area (TPSA) is 53.2 Å². The number of aromatic nitrogens is 2. The van der Waals surface area contributed by atoms with E-state index in [1.165, 1.54) is 15.3 Å². The maximum Gasteiger partial charge on any atom is 0.330 e. The van der Waals surface area contributed by atoms with Crippen molar-refractivity contribution in [1.82, 2.24) is 9.13 Å². The molecule has 1 aliphatic rings. The molecule has 0 aliphatic carbocycles. The van der Waals surface area contributed by atoms with Crippen LogP contribution in [0.25, 0.3) is 0 Å². The molecule has 0 spiro atoms. The molecule has 1 atom stereocenters. The van der Waals surface area contributed by atoms with E-state index >= 15 is 0 Å².